The van der Waals surface area contributed by atoms with Crippen LogP contribution in [0.1, 0.15) is 21.5 Å². The van der Waals surface area contributed by atoms with E-state index in [4.69, 9.17) is 0 Å². The van der Waals surface area contributed by atoms with Gasteiger partial charge in [0, 0.05) is 18.7 Å². The molecule has 1 aromatic rings. The molecule has 0 spiro atoms. The van der Waals surface area contributed by atoms with Crippen molar-refractivity contribution in [1.82, 2.24) is 10.2 Å². The number of Topliss-reactive ketones (excluding diaryl/α,β-unsaturated/α-hetero) is 1. The lowest BCUT2D eigenvalue weighted by atomic mass is 10.0. The zero-order chi connectivity index (χ0) is 12.8. The number of carbonyl (C=O) groups excluding carboxylic acids is 1. The Balaban J connectivity index is 2.66. The van der Waals surface area contributed by atoms with Crippen molar-refractivity contribution in [3.05, 3.63) is 34.9 Å². The molecular weight excluding hydrogens is 212 g/mol. The third kappa shape index (κ3) is 4.29. The van der Waals surface area contributed by atoms with E-state index in [2.05, 4.69) is 5.32 Å². The fourth-order valence-corrected chi connectivity index (χ4v) is 1.75. The van der Waals surface area contributed by atoms with Crippen LogP contribution in [0.25, 0.3) is 0 Å². The Labute approximate surface area is 104 Å². The summed E-state index contributed by atoms with van der Waals surface area (Å²) in [6, 6.07) is 6.02. The number of rotatable bonds is 6. The molecule has 0 saturated heterocycles. The van der Waals surface area contributed by atoms with Crippen LogP contribution in [0.4, 0.5) is 0 Å². The molecule has 0 bridgehead atoms. The summed E-state index contributed by atoms with van der Waals surface area (Å²) >= 11 is 0. The minimum Gasteiger partial charge on any atom is -0.318 e. The number of hydrogen-bond acceptors (Lipinski definition) is 3. The minimum atomic E-state index is 0.199. The molecular formula is C14H22N2O. The highest BCUT2D eigenvalue weighted by atomic mass is 16.1. The van der Waals surface area contributed by atoms with Gasteiger partial charge in [-0.1, -0.05) is 17.7 Å². The van der Waals surface area contributed by atoms with E-state index < -0.39 is 0 Å². The van der Waals surface area contributed by atoms with Gasteiger partial charge in [0.2, 0.25) is 0 Å². The van der Waals surface area contributed by atoms with Gasteiger partial charge in [0.25, 0.3) is 0 Å². The number of benzene rings is 1. The Morgan fingerprint density at radius 2 is 2.06 bits per heavy atom. The standard InChI is InChI=1S/C14H22N2O/c1-11-5-6-12(2)13(9-11)14(17)10-16(4)8-7-15-3/h5-6,9,15H,7-8,10H2,1-4H3. The smallest absolute Gasteiger partial charge is 0.177 e. The van der Waals surface area contributed by atoms with Gasteiger partial charge in [0.1, 0.15) is 0 Å². The highest BCUT2D eigenvalue weighted by Crippen LogP contribution is 2.11. The summed E-state index contributed by atoms with van der Waals surface area (Å²) in [4.78, 5) is 14.2. The van der Waals surface area contributed by atoms with Gasteiger partial charge in [-0.2, -0.15) is 0 Å². The molecule has 0 heterocycles. The maximum absolute atomic E-state index is 12.1. The van der Waals surface area contributed by atoms with Gasteiger partial charge in [-0.15, -0.1) is 0 Å². The predicted molar refractivity (Wildman–Crippen MR) is 71.7 cm³/mol. The van der Waals surface area contributed by atoms with Crippen LogP contribution in [0.5, 0.6) is 0 Å². The van der Waals surface area contributed by atoms with E-state index in [1.807, 2.05) is 51.0 Å². The van der Waals surface area contributed by atoms with Crippen LogP contribution in [0.3, 0.4) is 0 Å². The number of carbonyl (C=O) groups is 1. The highest BCUT2D eigenvalue weighted by Gasteiger charge is 2.11. The molecule has 0 unspecified atom stereocenters. The maximum atomic E-state index is 12.1. The Morgan fingerprint density at radius 1 is 1.35 bits per heavy atom. The first-order valence-corrected chi connectivity index (χ1v) is 5.98. The fourth-order valence-electron chi connectivity index (χ4n) is 1.75. The summed E-state index contributed by atoms with van der Waals surface area (Å²) in [7, 11) is 3.89. The second-order valence-electron chi connectivity index (χ2n) is 4.58. The van der Waals surface area contributed by atoms with Crippen LogP contribution in [0, 0.1) is 13.8 Å². The monoisotopic (exact) mass is 234 g/mol. The lowest BCUT2D eigenvalue weighted by molar-refractivity contribution is 0.0946. The predicted octanol–water partition coefficient (Wildman–Crippen LogP) is 1.64. The molecule has 0 aromatic heterocycles. The number of nitrogens with zero attached hydrogens (tertiary/aromatic N) is 1. The number of hydrogen-bond donors (Lipinski definition) is 1. The number of nitrogens with one attached hydrogen (secondary N) is 1. The number of likely N-dealkylation sites (N-methyl/N-ethyl adjacent to an activating group) is 2. The van der Waals surface area contributed by atoms with Crippen LogP contribution < -0.4 is 5.32 Å². The van der Waals surface area contributed by atoms with E-state index in [1.165, 1.54) is 0 Å². The van der Waals surface area contributed by atoms with E-state index in [0.717, 1.165) is 29.8 Å². The molecule has 0 atom stereocenters. The van der Waals surface area contributed by atoms with Crippen molar-refractivity contribution in [3.8, 4) is 0 Å². The molecule has 17 heavy (non-hydrogen) atoms. The van der Waals surface area contributed by atoms with Gasteiger partial charge in [0.15, 0.2) is 5.78 Å². The van der Waals surface area contributed by atoms with E-state index in [9.17, 15) is 4.79 Å². The molecule has 94 valence electrons. The van der Waals surface area contributed by atoms with Gasteiger partial charge in [0.05, 0.1) is 6.54 Å². The fraction of sp³-hybridized carbons (Fsp3) is 0.500. The second kappa shape index (κ2) is 6.52. The lowest BCUT2D eigenvalue weighted by Gasteiger charge is -2.16. The molecule has 0 amide bonds. The van der Waals surface area contributed by atoms with E-state index in [0.29, 0.717) is 6.54 Å². The van der Waals surface area contributed by atoms with Crippen molar-refractivity contribution >= 4 is 5.78 Å². The van der Waals surface area contributed by atoms with Gasteiger partial charge < -0.3 is 5.32 Å². The van der Waals surface area contributed by atoms with Crippen molar-refractivity contribution in [1.29, 1.82) is 0 Å². The van der Waals surface area contributed by atoms with Gasteiger partial charge in [-0.05, 0) is 39.6 Å². The Morgan fingerprint density at radius 3 is 2.71 bits per heavy atom. The topological polar surface area (TPSA) is 32.3 Å². The van der Waals surface area contributed by atoms with E-state index in [1.54, 1.807) is 0 Å². The maximum Gasteiger partial charge on any atom is 0.177 e. The van der Waals surface area contributed by atoms with Crippen molar-refractivity contribution in [2.75, 3.05) is 33.7 Å². The first-order valence-electron chi connectivity index (χ1n) is 5.98. The summed E-state index contributed by atoms with van der Waals surface area (Å²) in [5, 5.41) is 3.08. The van der Waals surface area contributed by atoms with E-state index >= 15 is 0 Å². The SMILES string of the molecule is CNCCN(C)CC(=O)c1cc(C)ccc1C. The van der Waals surface area contributed by atoms with Gasteiger partial charge in [-0.3, -0.25) is 9.69 Å². The third-order valence-corrected chi connectivity index (χ3v) is 2.85. The normalized spacial score (nSPS) is 10.9. The lowest BCUT2D eigenvalue weighted by Crippen LogP contribution is -2.32. The quantitative estimate of drug-likeness (QED) is 0.759. The van der Waals surface area contributed by atoms with Crippen LogP contribution in [-0.2, 0) is 0 Å². The Hall–Kier alpha value is -1.19. The molecule has 0 aliphatic heterocycles. The molecule has 1 aromatic carbocycles. The van der Waals surface area contributed by atoms with Crippen LogP contribution in [0.15, 0.2) is 18.2 Å². The summed E-state index contributed by atoms with van der Waals surface area (Å²) in [6.07, 6.45) is 0. The van der Waals surface area contributed by atoms with Crippen molar-refractivity contribution in [2.24, 2.45) is 0 Å². The second-order valence-corrected chi connectivity index (χ2v) is 4.58. The average Bonchev–Trinajstić information content (AvgIpc) is 2.29. The van der Waals surface area contributed by atoms with E-state index in [-0.39, 0.29) is 5.78 Å². The van der Waals surface area contributed by atoms with Crippen LogP contribution in [-0.4, -0.2) is 44.4 Å². The summed E-state index contributed by atoms with van der Waals surface area (Å²) in [5.74, 6) is 0.199. The minimum absolute atomic E-state index is 0.199. The summed E-state index contributed by atoms with van der Waals surface area (Å²) < 4.78 is 0. The first-order chi connectivity index (χ1) is 8.04. The Kier molecular flexibility index (Phi) is 5.32. The van der Waals surface area contributed by atoms with Crippen molar-refractivity contribution in [2.45, 2.75) is 13.8 Å². The Bertz CT molecular complexity index is 388. The molecule has 0 aliphatic carbocycles. The summed E-state index contributed by atoms with van der Waals surface area (Å²) in [6.45, 7) is 6.26. The molecule has 3 heteroatoms. The van der Waals surface area contributed by atoms with Gasteiger partial charge in [-0.25, -0.2) is 0 Å². The van der Waals surface area contributed by atoms with Crippen LogP contribution in [0.2, 0.25) is 0 Å². The zero-order valence-corrected chi connectivity index (χ0v) is 11.2. The highest BCUT2D eigenvalue weighted by molar-refractivity contribution is 5.99. The largest absolute Gasteiger partial charge is 0.318 e. The molecule has 1 rings (SSSR count). The third-order valence-electron chi connectivity index (χ3n) is 2.85. The molecule has 0 radical (unpaired) electrons. The average molecular weight is 234 g/mol. The van der Waals surface area contributed by atoms with Crippen molar-refractivity contribution in [3.63, 3.8) is 0 Å². The molecule has 0 saturated carbocycles. The molecule has 3 nitrogen and oxygen atoms in total. The first kappa shape index (κ1) is 13.9. The number of aryl methyl sites for hydroxylation is 2. The zero-order valence-electron chi connectivity index (χ0n) is 11.2. The molecule has 0 fully saturated rings. The number of ketones is 1. The van der Waals surface area contributed by atoms with Crippen LogP contribution >= 0.6 is 0 Å². The van der Waals surface area contributed by atoms with Crippen molar-refractivity contribution < 1.29 is 4.79 Å². The summed E-state index contributed by atoms with van der Waals surface area (Å²) in [5.41, 5.74) is 3.04. The molecule has 0 aliphatic rings. The van der Waals surface area contributed by atoms with Gasteiger partial charge >= 0.3 is 0 Å². The molecule has 1 N–H and O–H groups in total.